The summed E-state index contributed by atoms with van der Waals surface area (Å²) in [6.45, 7) is 6.96. The molecule has 0 aromatic rings. The van der Waals surface area contributed by atoms with Crippen LogP contribution in [0.4, 0.5) is 0 Å². The van der Waals surface area contributed by atoms with Crippen molar-refractivity contribution in [3.05, 3.63) is 60.8 Å². The molecule has 0 saturated carbocycles. The molecule has 0 aromatic carbocycles. The number of ether oxygens (including phenoxy) is 1. The van der Waals surface area contributed by atoms with Gasteiger partial charge in [-0.3, -0.25) is 18.6 Å². The van der Waals surface area contributed by atoms with E-state index in [1.807, 2.05) is 33.3 Å². The number of carbonyl (C=O) groups excluding carboxylic acids is 2. The smallest absolute Gasteiger partial charge is 0.456 e. The average Bonchev–Trinajstić information content (AvgIpc) is 3.34. The lowest BCUT2D eigenvalue weighted by Gasteiger charge is -2.27. The van der Waals surface area contributed by atoms with E-state index in [-0.39, 0.29) is 31.5 Å². The summed E-state index contributed by atoms with van der Waals surface area (Å²) in [6, 6.07) is -0.859. The minimum Gasteiger partial charge on any atom is -0.456 e. The summed E-state index contributed by atoms with van der Waals surface area (Å²) in [6.07, 6.45) is 65.0. The summed E-state index contributed by atoms with van der Waals surface area (Å²) in [5.41, 5.74) is 0. The Kier molecular flexibility index (Phi) is 50.5. The van der Waals surface area contributed by atoms with E-state index in [0.29, 0.717) is 17.4 Å². The van der Waals surface area contributed by atoms with Gasteiger partial charge in [-0.25, -0.2) is 4.57 Å². The van der Waals surface area contributed by atoms with E-state index in [0.717, 1.165) is 96.3 Å². The number of esters is 1. The molecule has 0 aliphatic rings. The SMILES string of the molecule is CCCCC/C=C\C/C=C\C/C=C\CCCCCCCCCCC(=O)OC(/C=C\CCCCCCCCCCCC)C(COP(=O)(O)OCC[N+](C)(C)C)NC(=O)CCCCC/C=C\CCCCCCCC. The van der Waals surface area contributed by atoms with Crippen molar-refractivity contribution in [2.24, 2.45) is 0 Å². The van der Waals surface area contributed by atoms with Crippen LogP contribution in [0.1, 0.15) is 271 Å². The molecular formula is C62H116N2O7P+. The van der Waals surface area contributed by atoms with Gasteiger partial charge < -0.3 is 19.4 Å². The first-order valence-corrected chi connectivity index (χ1v) is 31.6. The quantitative estimate of drug-likeness (QED) is 0.0205. The molecule has 0 fully saturated rings. The van der Waals surface area contributed by atoms with E-state index in [1.54, 1.807) is 0 Å². The maximum absolute atomic E-state index is 13.5. The highest BCUT2D eigenvalue weighted by Gasteiger charge is 2.30. The van der Waals surface area contributed by atoms with Gasteiger partial charge in [0.15, 0.2) is 0 Å². The van der Waals surface area contributed by atoms with Gasteiger partial charge in [0.1, 0.15) is 19.3 Å². The van der Waals surface area contributed by atoms with Crippen LogP contribution in [0, 0.1) is 0 Å². The molecule has 0 aliphatic heterocycles. The monoisotopic (exact) mass is 1030 g/mol. The molecular weight excluding hydrogens is 916 g/mol. The minimum atomic E-state index is -4.45. The summed E-state index contributed by atoms with van der Waals surface area (Å²) in [4.78, 5) is 37.6. The fourth-order valence-corrected chi connectivity index (χ4v) is 9.21. The summed E-state index contributed by atoms with van der Waals surface area (Å²) < 4.78 is 30.6. The standard InChI is InChI=1S/C62H115N2O7P/c1-7-10-13-16-19-22-25-28-29-30-31-32-33-34-35-37-40-43-46-49-52-55-62(66)71-60(53-50-47-44-41-38-27-24-21-18-15-12-9-3)59(58-70-72(67,68)69-57-56-64(4,5)6)63-61(65)54-51-48-45-42-39-36-26-23-20-17-14-11-8-2/h19,22,28-29,31-32,36,39,50,53,59-60H,7-18,20-21,23-27,30,33-35,37-38,40-49,51-52,54-58H2,1-6H3,(H-,63,65,67,68)/p+1/b22-19-,29-28-,32-31-,39-36-,53-50-. The van der Waals surface area contributed by atoms with Crippen LogP contribution < -0.4 is 5.32 Å². The Hall–Kier alpha value is -2.29. The van der Waals surface area contributed by atoms with Gasteiger partial charge in [-0.1, -0.05) is 223 Å². The highest BCUT2D eigenvalue weighted by molar-refractivity contribution is 7.47. The van der Waals surface area contributed by atoms with Gasteiger partial charge in [-0.05, 0) is 96.0 Å². The van der Waals surface area contributed by atoms with Gasteiger partial charge >= 0.3 is 13.8 Å². The second-order valence-corrected chi connectivity index (χ2v) is 23.0. The maximum atomic E-state index is 13.5. The highest BCUT2D eigenvalue weighted by atomic mass is 31.2. The molecule has 9 nitrogen and oxygen atoms in total. The Bertz CT molecular complexity index is 1420. The third-order valence-corrected chi connectivity index (χ3v) is 14.2. The van der Waals surface area contributed by atoms with Crippen molar-refractivity contribution in [1.29, 1.82) is 0 Å². The van der Waals surface area contributed by atoms with Crippen molar-refractivity contribution < 1.29 is 37.3 Å². The number of quaternary nitrogens is 1. The molecule has 0 rings (SSSR count). The van der Waals surface area contributed by atoms with Crippen LogP contribution in [-0.4, -0.2) is 74.3 Å². The number of carbonyl (C=O) groups is 2. The molecule has 0 radical (unpaired) electrons. The second-order valence-electron chi connectivity index (χ2n) is 21.5. The number of phosphoric acid groups is 1. The van der Waals surface area contributed by atoms with Crippen molar-refractivity contribution in [2.45, 2.75) is 283 Å². The molecule has 0 saturated heterocycles. The van der Waals surface area contributed by atoms with Gasteiger partial charge in [0.2, 0.25) is 5.91 Å². The number of unbranched alkanes of at least 4 members (excludes halogenated alkanes) is 30. The third-order valence-electron chi connectivity index (χ3n) is 13.2. The zero-order valence-electron chi connectivity index (χ0n) is 47.9. The van der Waals surface area contributed by atoms with E-state index in [1.165, 1.54) is 141 Å². The normalized spacial score (nSPS) is 14.2. The predicted octanol–water partition coefficient (Wildman–Crippen LogP) is 18.3. The molecule has 3 unspecified atom stereocenters. The first-order valence-electron chi connectivity index (χ1n) is 30.1. The van der Waals surface area contributed by atoms with Crippen LogP contribution in [0.2, 0.25) is 0 Å². The first kappa shape index (κ1) is 69.7. The minimum absolute atomic E-state index is 0.0353. The maximum Gasteiger partial charge on any atom is 0.472 e. The van der Waals surface area contributed by atoms with Crippen LogP contribution in [-0.2, 0) is 27.9 Å². The molecule has 3 atom stereocenters. The van der Waals surface area contributed by atoms with E-state index in [2.05, 4.69) is 74.7 Å². The number of rotatable bonds is 54. The molecule has 420 valence electrons. The fourth-order valence-electron chi connectivity index (χ4n) is 8.47. The van der Waals surface area contributed by atoms with E-state index in [9.17, 15) is 19.0 Å². The molecule has 0 bridgehead atoms. The summed E-state index contributed by atoms with van der Waals surface area (Å²) in [5.74, 6) is -0.529. The Morgan fingerprint density at radius 1 is 0.486 bits per heavy atom. The zero-order chi connectivity index (χ0) is 52.9. The summed E-state index contributed by atoms with van der Waals surface area (Å²) in [5, 5.41) is 3.04. The number of nitrogens with one attached hydrogen (secondary N) is 1. The Morgan fingerprint density at radius 3 is 1.32 bits per heavy atom. The molecule has 0 heterocycles. The predicted molar refractivity (Wildman–Crippen MR) is 309 cm³/mol. The van der Waals surface area contributed by atoms with Gasteiger partial charge in [0.25, 0.3) is 0 Å². The third kappa shape index (κ3) is 52.6. The van der Waals surface area contributed by atoms with Crippen molar-refractivity contribution in [2.75, 3.05) is 40.9 Å². The summed E-state index contributed by atoms with van der Waals surface area (Å²) >= 11 is 0. The van der Waals surface area contributed by atoms with Crippen molar-refractivity contribution in [3.8, 4) is 0 Å². The highest BCUT2D eigenvalue weighted by Crippen LogP contribution is 2.43. The topological polar surface area (TPSA) is 111 Å². The lowest BCUT2D eigenvalue weighted by Crippen LogP contribution is -2.47. The summed E-state index contributed by atoms with van der Waals surface area (Å²) in [7, 11) is 1.48. The Morgan fingerprint density at radius 2 is 0.847 bits per heavy atom. The van der Waals surface area contributed by atoms with Crippen LogP contribution in [0.5, 0.6) is 0 Å². The molecule has 0 aliphatic carbocycles. The van der Waals surface area contributed by atoms with Crippen LogP contribution in [0.25, 0.3) is 0 Å². The molecule has 0 spiro atoms. The van der Waals surface area contributed by atoms with Crippen LogP contribution >= 0.6 is 7.82 Å². The number of hydrogen-bond donors (Lipinski definition) is 2. The van der Waals surface area contributed by atoms with E-state index >= 15 is 0 Å². The van der Waals surface area contributed by atoms with Crippen LogP contribution in [0.15, 0.2) is 60.8 Å². The van der Waals surface area contributed by atoms with Crippen molar-refractivity contribution in [1.82, 2.24) is 5.32 Å². The molecule has 2 N–H and O–H groups in total. The number of nitrogens with zero attached hydrogens (tertiary/aromatic N) is 1. The first-order chi connectivity index (χ1) is 34.9. The lowest BCUT2D eigenvalue weighted by atomic mass is 10.0. The lowest BCUT2D eigenvalue weighted by molar-refractivity contribution is -0.870. The largest absolute Gasteiger partial charge is 0.472 e. The van der Waals surface area contributed by atoms with Gasteiger partial charge in [0, 0.05) is 12.8 Å². The van der Waals surface area contributed by atoms with Gasteiger partial charge in [0.05, 0.1) is 33.8 Å². The number of likely N-dealkylation sites (N-methyl/N-ethyl adjacent to an activating group) is 1. The Labute approximate surface area is 445 Å². The molecule has 72 heavy (non-hydrogen) atoms. The average molecular weight is 1030 g/mol. The van der Waals surface area contributed by atoms with Crippen molar-refractivity contribution in [3.63, 3.8) is 0 Å². The van der Waals surface area contributed by atoms with Gasteiger partial charge in [-0.15, -0.1) is 0 Å². The molecule has 0 aromatic heterocycles. The molecule has 10 heteroatoms. The zero-order valence-corrected chi connectivity index (χ0v) is 48.8. The van der Waals surface area contributed by atoms with Crippen molar-refractivity contribution >= 4 is 19.7 Å². The number of hydrogen-bond acceptors (Lipinski definition) is 6. The number of amides is 1. The fraction of sp³-hybridized carbons (Fsp3) is 0.806. The van der Waals surface area contributed by atoms with E-state index < -0.39 is 20.0 Å². The number of phosphoric ester groups is 1. The van der Waals surface area contributed by atoms with Gasteiger partial charge in [-0.2, -0.15) is 0 Å². The molecule has 1 amide bonds. The Balaban J connectivity index is 5.27. The van der Waals surface area contributed by atoms with E-state index in [4.69, 9.17) is 13.8 Å². The van der Waals surface area contributed by atoms with Crippen LogP contribution in [0.3, 0.4) is 0 Å². The second kappa shape index (κ2) is 52.2. The number of allylic oxidation sites excluding steroid dienone is 9.